The number of halogens is 3. The minimum atomic E-state index is -4.44. The number of furan rings is 1. The molecule has 1 N–H and O–H groups in total. The van der Waals surface area contributed by atoms with Gasteiger partial charge in [0.25, 0.3) is 0 Å². The van der Waals surface area contributed by atoms with E-state index in [1.54, 1.807) is 12.1 Å². The van der Waals surface area contributed by atoms with Gasteiger partial charge >= 0.3 is 6.18 Å². The van der Waals surface area contributed by atoms with Gasteiger partial charge in [-0.3, -0.25) is 4.79 Å². The van der Waals surface area contributed by atoms with Gasteiger partial charge in [-0.15, -0.1) is 0 Å². The Labute approximate surface area is 112 Å². The highest BCUT2D eigenvalue weighted by Gasteiger charge is 2.30. The summed E-state index contributed by atoms with van der Waals surface area (Å²) >= 11 is 0. The summed E-state index contributed by atoms with van der Waals surface area (Å²) in [5.41, 5.74) is -0.737. The van der Waals surface area contributed by atoms with Gasteiger partial charge in [0.05, 0.1) is 11.8 Å². The Morgan fingerprint density at radius 2 is 2.00 bits per heavy atom. The Kier molecular flexibility index (Phi) is 3.93. The fraction of sp³-hybridized carbons (Fsp3) is 0.0714. The number of alkyl halides is 3. The van der Waals surface area contributed by atoms with Gasteiger partial charge < -0.3 is 9.73 Å². The molecule has 6 heteroatoms. The average molecular weight is 281 g/mol. The van der Waals surface area contributed by atoms with Crippen LogP contribution in [-0.2, 0) is 11.0 Å². The van der Waals surface area contributed by atoms with Crippen molar-refractivity contribution >= 4 is 17.7 Å². The molecule has 0 atom stereocenters. The van der Waals surface area contributed by atoms with Crippen molar-refractivity contribution in [2.24, 2.45) is 0 Å². The van der Waals surface area contributed by atoms with E-state index in [-0.39, 0.29) is 5.69 Å². The molecule has 1 heterocycles. The van der Waals surface area contributed by atoms with Gasteiger partial charge in [0, 0.05) is 11.8 Å². The quantitative estimate of drug-likeness (QED) is 0.865. The summed E-state index contributed by atoms with van der Waals surface area (Å²) in [6.45, 7) is 0. The van der Waals surface area contributed by atoms with Crippen LogP contribution >= 0.6 is 0 Å². The fourth-order valence-electron chi connectivity index (χ4n) is 1.50. The van der Waals surface area contributed by atoms with E-state index in [2.05, 4.69) is 5.32 Å². The molecule has 0 aliphatic carbocycles. The zero-order valence-electron chi connectivity index (χ0n) is 10.1. The van der Waals surface area contributed by atoms with Gasteiger partial charge in [-0.2, -0.15) is 13.2 Å². The standard InChI is InChI=1S/C14H10F3NO2/c15-14(16,17)10-3-1-4-11(9-10)18-13(19)7-6-12-5-2-8-20-12/h1-9H,(H,18,19)/b7-6+. The van der Waals surface area contributed by atoms with E-state index in [1.165, 1.54) is 30.5 Å². The van der Waals surface area contributed by atoms with Crippen molar-refractivity contribution in [1.29, 1.82) is 0 Å². The molecule has 104 valence electrons. The SMILES string of the molecule is O=C(/C=C/c1ccco1)Nc1cccc(C(F)(F)F)c1. The molecule has 2 rings (SSSR count). The van der Waals surface area contributed by atoms with Gasteiger partial charge in [-0.1, -0.05) is 6.07 Å². The number of amides is 1. The molecular formula is C14H10F3NO2. The van der Waals surface area contributed by atoms with Crippen LogP contribution < -0.4 is 5.32 Å². The molecule has 0 bridgehead atoms. The van der Waals surface area contributed by atoms with E-state index in [9.17, 15) is 18.0 Å². The smallest absolute Gasteiger partial charge is 0.416 e. The number of hydrogen-bond acceptors (Lipinski definition) is 2. The number of rotatable bonds is 3. The summed E-state index contributed by atoms with van der Waals surface area (Å²) < 4.78 is 42.5. The van der Waals surface area contributed by atoms with Crippen molar-refractivity contribution in [2.75, 3.05) is 5.32 Å². The van der Waals surface area contributed by atoms with Crippen LogP contribution in [0.15, 0.2) is 53.2 Å². The van der Waals surface area contributed by atoms with Crippen molar-refractivity contribution in [2.45, 2.75) is 6.18 Å². The highest BCUT2D eigenvalue weighted by atomic mass is 19.4. The molecule has 3 nitrogen and oxygen atoms in total. The lowest BCUT2D eigenvalue weighted by atomic mass is 10.2. The third-order valence-electron chi connectivity index (χ3n) is 2.40. The molecule has 20 heavy (non-hydrogen) atoms. The first kappa shape index (κ1) is 13.9. The van der Waals surface area contributed by atoms with Gasteiger partial charge in [0.2, 0.25) is 5.91 Å². The Morgan fingerprint density at radius 1 is 1.20 bits per heavy atom. The molecule has 1 aromatic heterocycles. The number of carbonyl (C=O) groups excluding carboxylic acids is 1. The molecule has 1 amide bonds. The predicted octanol–water partition coefficient (Wildman–Crippen LogP) is 3.95. The van der Waals surface area contributed by atoms with Crippen LogP contribution in [0.4, 0.5) is 18.9 Å². The van der Waals surface area contributed by atoms with Crippen LogP contribution in [0, 0.1) is 0 Å². The topological polar surface area (TPSA) is 42.2 Å². The number of carbonyl (C=O) groups is 1. The molecule has 0 aliphatic heterocycles. The maximum Gasteiger partial charge on any atom is 0.416 e. The van der Waals surface area contributed by atoms with Crippen molar-refractivity contribution < 1.29 is 22.4 Å². The zero-order chi connectivity index (χ0) is 14.6. The predicted molar refractivity (Wildman–Crippen MR) is 67.8 cm³/mol. The van der Waals surface area contributed by atoms with Crippen molar-refractivity contribution in [3.8, 4) is 0 Å². The van der Waals surface area contributed by atoms with Crippen molar-refractivity contribution in [3.63, 3.8) is 0 Å². The van der Waals surface area contributed by atoms with E-state index in [0.717, 1.165) is 12.1 Å². The number of hydrogen-bond donors (Lipinski definition) is 1. The second-order valence-electron chi connectivity index (χ2n) is 3.92. The molecule has 0 aliphatic rings. The second-order valence-corrected chi connectivity index (χ2v) is 3.92. The van der Waals surface area contributed by atoms with Crippen molar-refractivity contribution in [3.05, 3.63) is 60.1 Å². The third kappa shape index (κ3) is 3.74. The monoisotopic (exact) mass is 281 g/mol. The maximum absolute atomic E-state index is 12.5. The van der Waals surface area contributed by atoms with Crippen LogP contribution in [-0.4, -0.2) is 5.91 Å². The first-order valence-corrected chi connectivity index (χ1v) is 5.65. The fourth-order valence-corrected chi connectivity index (χ4v) is 1.50. The molecule has 0 fully saturated rings. The van der Waals surface area contributed by atoms with E-state index in [0.29, 0.717) is 5.76 Å². The molecule has 0 saturated heterocycles. The lowest BCUT2D eigenvalue weighted by Gasteiger charge is -2.08. The molecular weight excluding hydrogens is 271 g/mol. The van der Waals surface area contributed by atoms with Crippen LogP contribution in [0.5, 0.6) is 0 Å². The Morgan fingerprint density at radius 3 is 2.65 bits per heavy atom. The van der Waals surface area contributed by atoms with E-state index in [4.69, 9.17) is 4.42 Å². The van der Waals surface area contributed by atoms with Gasteiger partial charge in [0.15, 0.2) is 0 Å². The van der Waals surface area contributed by atoms with Gasteiger partial charge in [-0.25, -0.2) is 0 Å². The molecule has 0 radical (unpaired) electrons. The number of nitrogens with one attached hydrogen (secondary N) is 1. The average Bonchev–Trinajstić information content (AvgIpc) is 2.89. The molecule has 0 unspecified atom stereocenters. The summed E-state index contributed by atoms with van der Waals surface area (Å²) in [5, 5.41) is 2.35. The second kappa shape index (κ2) is 5.64. The molecule has 0 spiro atoms. The Bertz CT molecular complexity index is 616. The van der Waals surface area contributed by atoms with Crippen molar-refractivity contribution in [1.82, 2.24) is 0 Å². The zero-order valence-corrected chi connectivity index (χ0v) is 10.1. The maximum atomic E-state index is 12.5. The minimum Gasteiger partial charge on any atom is -0.465 e. The molecule has 2 aromatic rings. The van der Waals surface area contributed by atoms with Crippen LogP contribution in [0.1, 0.15) is 11.3 Å². The van der Waals surface area contributed by atoms with Crippen LogP contribution in [0.25, 0.3) is 6.08 Å². The highest BCUT2D eigenvalue weighted by molar-refractivity contribution is 6.01. The molecule has 1 aromatic carbocycles. The summed E-state index contributed by atoms with van der Waals surface area (Å²) in [5.74, 6) is -0.0649. The highest BCUT2D eigenvalue weighted by Crippen LogP contribution is 2.30. The van der Waals surface area contributed by atoms with Crippen LogP contribution in [0.2, 0.25) is 0 Å². The minimum absolute atomic E-state index is 0.0777. The largest absolute Gasteiger partial charge is 0.465 e. The Hall–Kier alpha value is -2.50. The summed E-state index contributed by atoms with van der Waals surface area (Å²) in [6, 6.07) is 7.73. The first-order chi connectivity index (χ1) is 9.45. The normalized spacial score (nSPS) is 11.8. The number of benzene rings is 1. The van der Waals surface area contributed by atoms with Crippen LogP contribution in [0.3, 0.4) is 0 Å². The number of anilines is 1. The van der Waals surface area contributed by atoms with Gasteiger partial charge in [0.1, 0.15) is 5.76 Å². The third-order valence-corrected chi connectivity index (χ3v) is 2.40. The lowest BCUT2D eigenvalue weighted by Crippen LogP contribution is -2.10. The summed E-state index contributed by atoms with van der Waals surface area (Å²) in [6.07, 6.45) is -0.392. The van der Waals surface area contributed by atoms with E-state index in [1.807, 2.05) is 0 Å². The van der Waals surface area contributed by atoms with E-state index >= 15 is 0 Å². The van der Waals surface area contributed by atoms with E-state index < -0.39 is 17.6 Å². The molecule has 0 saturated carbocycles. The Balaban J connectivity index is 2.05. The summed E-state index contributed by atoms with van der Waals surface area (Å²) in [7, 11) is 0. The summed E-state index contributed by atoms with van der Waals surface area (Å²) in [4.78, 5) is 11.5. The lowest BCUT2D eigenvalue weighted by molar-refractivity contribution is -0.137. The first-order valence-electron chi connectivity index (χ1n) is 5.65. The van der Waals surface area contributed by atoms with Gasteiger partial charge in [-0.05, 0) is 36.4 Å².